The summed E-state index contributed by atoms with van der Waals surface area (Å²) in [6, 6.07) is 8.24. The second kappa shape index (κ2) is 5.86. The molecule has 3 nitrogen and oxygen atoms in total. The number of piperidine rings is 1. The summed E-state index contributed by atoms with van der Waals surface area (Å²) in [5.74, 6) is 1.46. The standard InChI is InChI=1S/C19H23ClN2O/c1-12-10-11-22(16-9-5-3-6-13(12)16)19(23)18-17(20)14-7-2-4-8-15(14)21-18/h2,4,7-8,12-13,16,21H,3,5-6,9-11H2,1H3/t12-,13+,16+/m1/s1. The van der Waals surface area contributed by atoms with Crippen molar-refractivity contribution in [1.29, 1.82) is 0 Å². The molecule has 1 amide bonds. The molecular weight excluding hydrogens is 308 g/mol. The zero-order valence-electron chi connectivity index (χ0n) is 13.5. The van der Waals surface area contributed by atoms with Crippen LogP contribution in [-0.2, 0) is 0 Å². The van der Waals surface area contributed by atoms with Crippen LogP contribution < -0.4 is 0 Å². The molecule has 1 aromatic heterocycles. The number of rotatable bonds is 1. The first-order valence-corrected chi connectivity index (χ1v) is 9.12. The van der Waals surface area contributed by atoms with Crippen LogP contribution in [0.5, 0.6) is 0 Å². The number of hydrogen-bond donors (Lipinski definition) is 1. The van der Waals surface area contributed by atoms with E-state index >= 15 is 0 Å². The van der Waals surface area contributed by atoms with Crippen molar-refractivity contribution in [3.05, 3.63) is 35.0 Å². The van der Waals surface area contributed by atoms with Gasteiger partial charge in [0.2, 0.25) is 0 Å². The third-order valence-corrected chi connectivity index (χ3v) is 6.25. The van der Waals surface area contributed by atoms with Gasteiger partial charge in [-0.3, -0.25) is 4.79 Å². The van der Waals surface area contributed by atoms with Gasteiger partial charge in [0.1, 0.15) is 5.69 Å². The molecule has 0 bridgehead atoms. The summed E-state index contributed by atoms with van der Waals surface area (Å²) in [4.78, 5) is 18.5. The minimum Gasteiger partial charge on any atom is -0.349 e. The zero-order chi connectivity index (χ0) is 16.0. The molecule has 4 heteroatoms. The minimum atomic E-state index is 0.0787. The number of likely N-dealkylation sites (tertiary alicyclic amines) is 1. The molecule has 23 heavy (non-hydrogen) atoms. The van der Waals surface area contributed by atoms with Crippen LogP contribution in [0.3, 0.4) is 0 Å². The molecule has 1 saturated carbocycles. The monoisotopic (exact) mass is 330 g/mol. The van der Waals surface area contributed by atoms with Crippen LogP contribution in [0.2, 0.25) is 5.02 Å². The Morgan fingerprint density at radius 2 is 2.00 bits per heavy atom. The van der Waals surface area contributed by atoms with Crippen molar-refractivity contribution in [2.45, 2.75) is 45.1 Å². The Kier molecular flexibility index (Phi) is 3.84. The van der Waals surface area contributed by atoms with E-state index in [4.69, 9.17) is 11.6 Å². The first-order chi connectivity index (χ1) is 11.2. The van der Waals surface area contributed by atoms with E-state index < -0.39 is 0 Å². The van der Waals surface area contributed by atoms with Gasteiger partial charge in [0.05, 0.1) is 5.02 Å². The number of fused-ring (bicyclic) bond motifs is 2. The van der Waals surface area contributed by atoms with Crippen LogP contribution in [0.25, 0.3) is 10.9 Å². The second-order valence-electron chi connectivity index (χ2n) is 7.14. The average Bonchev–Trinajstić information content (AvgIpc) is 2.92. The molecule has 2 aromatic rings. The summed E-state index contributed by atoms with van der Waals surface area (Å²) >= 11 is 6.50. The van der Waals surface area contributed by atoms with E-state index in [1.165, 1.54) is 19.3 Å². The fourth-order valence-corrected chi connectivity index (χ4v) is 4.86. The van der Waals surface area contributed by atoms with E-state index in [0.29, 0.717) is 22.7 Å². The quantitative estimate of drug-likeness (QED) is 0.796. The molecule has 1 saturated heterocycles. The van der Waals surface area contributed by atoms with Gasteiger partial charge >= 0.3 is 0 Å². The maximum absolute atomic E-state index is 13.2. The van der Waals surface area contributed by atoms with Crippen LogP contribution in [0.4, 0.5) is 0 Å². The lowest BCUT2D eigenvalue weighted by molar-refractivity contribution is 0.0214. The maximum Gasteiger partial charge on any atom is 0.272 e. The number of carbonyl (C=O) groups is 1. The number of halogens is 1. The van der Waals surface area contributed by atoms with E-state index in [-0.39, 0.29) is 5.91 Å². The molecule has 0 unspecified atom stereocenters. The summed E-state index contributed by atoms with van der Waals surface area (Å²) < 4.78 is 0. The van der Waals surface area contributed by atoms with Gasteiger partial charge in [-0.1, -0.05) is 49.6 Å². The van der Waals surface area contributed by atoms with Gasteiger partial charge in [-0.2, -0.15) is 0 Å². The number of carbonyl (C=O) groups excluding carboxylic acids is 1. The van der Waals surface area contributed by atoms with E-state index in [2.05, 4.69) is 16.8 Å². The summed E-state index contributed by atoms with van der Waals surface area (Å²) in [5, 5.41) is 1.50. The fraction of sp³-hybridized carbons (Fsp3) is 0.526. The molecule has 122 valence electrons. The van der Waals surface area contributed by atoms with E-state index in [9.17, 15) is 4.79 Å². The number of aromatic nitrogens is 1. The van der Waals surface area contributed by atoms with E-state index in [1.54, 1.807) is 0 Å². The first-order valence-electron chi connectivity index (χ1n) is 8.74. The van der Waals surface area contributed by atoms with Gasteiger partial charge in [-0.25, -0.2) is 0 Å². The van der Waals surface area contributed by atoms with Crippen LogP contribution in [0, 0.1) is 11.8 Å². The Labute approximate surface area is 142 Å². The molecule has 1 N–H and O–H groups in total. The topological polar surface area (TPSA) is 36.1 Å². The molecule has 1 aliphatic heterocycles. The van der Waals surface area contributed by atoms with Gasteiger partial charge in [-0.05, 0) is 37.2 Å². The van der Waals surface area contributed by atoms with Gasteiger partial charge in [0.25, 0.3) is 5.91 Å². The number of benzene rings is 1. The molecule has 3 atom stereocenters. The predicted octanol–water partition coefficient (Wildman–Crippen LogP) is 4.86. The van der Waals surface area contributed by atoms with Gasteiger partial charge in [0, 0.05) is 23.5 Å². The number of H-pyrrole nitrogens is 1. The van der Waals surface area contributed by atoms with Crippen LogP contribution in [-0.4, -0.2) is 28.4 Å². The lowest BCUT2D eigenvalue weighted by atomic mass is 9.72. The Balaban J connectivity index is 1.68. The summed E-state index contributed by atoms with van der Waals surface area (Å²) in [6.07, 6.45) is 6.04. The number of para-hydroxylation sites is 1. The largest absolute Gasteiger partial charge is 0.349 e. The van der Waals surface area contributed by atoms with Crippen LogP contribution in [0.1, 0.15) is 49.5 Å². The molecule has 4 rings (SSSR count). The Morgan fingerprint density at radius 3 is 2.83 bits per heavy atom. The lowest BCUT2D eigenvalue weighted by Crippen LogP contribution is -2.52. The third kappa shape index (κ3) is 2.46. The lowest BCUT2D eigenvalue weighted by Gasteiger charge is -2.47. The minimum absolute atomic E-state index is 0.0787. The molecular formula is C19H23ClN2O. The number of hydrogen-bond acceptors (Lipinski definition) is 1. The molecule has 1 aromatic carbocycles. The summed E-state index contributed by atoms with van der Waals surface area (Å²) in [7, 11) is 0. The Morgan fingerprint density at radius 1 is 1.22 bits per heavy atom. The normalized spacial score (nSPS) is 27.9. The molecule has 0 radical (unpaired) electrons. The second-order valence-corrected chi connectivity index (χ2v) is 7.52. The van der Waals surface area contributed by atoms with Crippen molar-refractivity contribution in [3.63, 3.8) is 0 Å². The van der Waals surface area contributed by atoms with Gasteiger partial charge in [0.15, 0.2) is 0 Å². The van der Waals surface area contributed by atoms with Crippen molar-refractivity contribution in [3.8, 4) is 0 Å². The Hall–Kier alpha value is -1.48. The molecule has 2 fully saturated rings. The van der Waals surface area contributed by atoms with Crippen molar-refractivity contribution in [2.75, 3.05) is 6.54 Å². The highest BCUT2D eigenvalue weighted by molar-refractivity contribution is 6.38. The number of aromatic amines is 1. The van der Waals surface area contributed by atoms with Crippen molar-refractivity contribution >= 4 is 28.4 Å². The molecule has 2 heterocycles. The predicted molar refractivity (Wildman–Crippen MR) is 93.9 cm³/mol. The number of nitrogens with zero attached hydrogens (tertiary/aromatic N) is 1. The third-order valence-electron chi connectivity index (χ3n) is 5.86. The zero-order valence-corrected chi connectivity index (χ0v) is 14.3. The van der Waals surface area contributed by atoms with E-state index in [1.807, 2.05) is 24.3 Å². The van der Waals surface area contributed by atoms with Crippen molar-refractivity contribution in [2.24, 2.45) is 11.8 Å². The van der Waals surface area contributed by atoms with E-state index in [0.717, 1.165) is 36.2 Å². The smallest absolute Gasteiger partial charge is 0.272 e. The summed E-state index contributed by atoms with van der Waals surface area (Å²) in [5.41, 5.74) is 1.50. The van der Waals surface area contributed by atoms with Gasteiger partial charge in [-0.15, -0.1) is 0 Å². The van der Waals surface area contributed by atoms with Crippen molar-refractivity contribution in [1.82, 2.24) is 9.88 Å². The first kappa shape index (κ1) is 15.1. The van der Waals surface area contributed by atoms with Crippen molar-refractivity contribution < 1.29 is 4.79 Å². The molecule has 2 aliphatic rings. The summed E-state index contributed by atoms with van der Waals surface area (Å²) in [6.45, 7) is 3.20. The van der Waals surface area contributed by atoms with Gasteiger partial charge < -0.3 is 9.88 Å². The highest BCUT2D eigenvalue weighted by atomic mass is 35.5. The highest BCUT2D eigenvalue weighted by Crippen LogP contribution is 2.40. The highest BCUT2D eigenvalue weighted by Gasteiger charge is 2.40. The SMILES string of the molecule is C[C@@H]1CCN(C(=O)c2[nH]c3ccccc3c2Cl)[C@H]2CCCC[C@@H]12. The maximum atomic E-state index is 13.2. The Bertz CT molecular complexity index is 738. The average molecular weight is 331 g/mol. The number of amides is 1. The molecule has 0 spiro atoms. The van der Waals surface area contributed by atoms with Crippen LogP contribution in [0.15, 0.2) is 24.3 Å². The number of nitrogens with one attached hydrogen (secondary N) is 1. The molecule has 1 aliphatic carbocycles. The van der Waals surface area contributed by atoms with Crippen LogP contribution >= 0.6 is 11.6 Å². The fourth-order valence-electron chi connectivity index (χ4n) is 4.56.